The molecule has 0 saturated heterocycles. The maximum atomic E-state index is 5.67. The van der Waals surface area contributed by atoms with Crippen LogP contribution in [0.15, 0.2) is 54.7 Å². The number of fused-ring (bicyclic) bond motifs is 1. The Bertz CT molecular complexity index is 992. The summed E-state index contributed by atoms with van der Waals surface area (Å²) in [6.45, 7) is 7.28. The summed E-state index contributed by atoms with van der Waals surface area (Å²) in [4.78, 5) is 2.58. The van der Waals surface area contributed by atoms with Gasteiger partial charge in [0.15, 0.2) is 0 Å². The molecule has 0 bridgehead atoms. The highest BCUT2D eigenvalue weighted by Gasteiger charge is 2.29. The van der Waals surface area contributed by atoms with E-state index >= 15 is 0 Å². The molecule has 2 aromatic carbocycles. The Morgan fingerprint density at radius 3 is 2.62 bits per heavy atom. The van der Waals surface area contributed by atoms with Crippen molar-refractivity contribution in [2.24, 2.45) is 0 Å². The lowest BCUT2D eigenvalue weighted by Crippen LogP contribution is -2.30. The van der Waals surface area contributed by atoms with E-state index in [1.165, 1.54) is 22.4 Å². The topological polar surface area (TPSA) is 26.6 Å². The summed E-state index contributed by atoms with van der Waals surface area (Å²) >= 11 is 0. The smallest absolute Gasteiger partial charge is 0.123 e. The molecule has 0 aliphatic carbocycles. The van der Waals surface area contributed by atoms with Crippen LogP contribution in [0.2, 0.25) is 0 Å². The zero-order valence-corrected chi connectivity index (χ0v) is 17.8. The van der Waals surface area contributed by atoms with Crippen molar-refractivity contribution in [3.63, 3.8) is 0 Å². The van der Waals surface area contributed by atoms with Gasteiger partial charge in [0.2, 0.25) is 0 Å². The van der Waals surface area contributed by atoms with Crippen LogP contribution in [-0.2, 0) is 13.1 Å². The van der Waals surface area contributed by atoms with Gasteiger partial charge in [0.25, 0.3) is 0 Å². The Hall–Kier alpha value is -2.72. The molecule has 4 heteroatoms. The van der Waals surface area contributed by atoms with Gasteiger partial charge in [0, 0.05) is 37.1 Å². The van der Waals surface area contributed by atoms with Crippen LogP contribution < -0.4 is 9.47 Å². The first-order chi connectivity index (χ1) is 14.1. The molecule has 4 rings (SSSR count). The number of hydrogen-bond acceptors (Lipinski definition) is 3. The summed E-state index contributed by atoms with van der Waals surface area (Å²) in [5.74, 6) is 1.77. The monoisotopic (exact) mass is 390 g/mol. The van der Waals surface area contributed by atoms with Gasteiger partial charge >= 0.3 is 0 Å². The van der Waals surface area contributed by atoms with Crippen LogP contribution in [0.4, 0.5) is 0 Å². The molecule has 152 valence electrons. The molecule has 4 nitrogen and oxygen atoms in total. The van der Waals surface area contributed by atoms with E-state index in [2.05, 4.69) is 65.9 Å². The molecule has 0 radical (unpaired) electrons. The SMILES string of the molecule is COc1ccc(OC)c(CN2CCCn3cccc3[C@@H]2c2cc(C)ccc2C)c1. The highest BCUT2D eigenvalue weighted by molar-refractivity contribution is 5.42. The summed E-state index contributed by atoms with van der Waals surface area (Å²) in [7, 11) is 3.45. The fourth-order valence-electron chi connectivity index (χ4n) is 4.44. The largest absolute Gasteiger partial charge is 0.497 e. The van der Waals surface area contributed by atoms with Crippen LogP contribution in [0, 0.1) is 13.8 Å². The quantitative estimate of drug-likeness (QED) is 0.605. The first kappa shape index (κ1) is 19.6. The standard InChI is InChI=1S/C25H30N2O2/c1-18-8-9-19(2)22(15-18)25-23-7-5-12-26(23)13-6-14-27(25)17-20-16-21(28-3)10-11-24(20)29-4/h5,7-12,15-16,25H,6,13-14,17H2,1-4H3/t25-/m0/s1. The van der Waals surface area contributed by atoms with Crippen LogP contribution in [0.1, 0.15) is 40.4 Å². The fraction of sp³-hybridized carbons (Fsp3) is 0.360. The molecule has 0 N–H and O–H groups in total. The van der Waals surface area contributed by atoms with Crippen LogP contribution >= 0.6 is 0 Å². The lowest BCUT2D eigenvalue weighted by Gasteiger charge is -2.32. The second-order valence-corrected chi connectivity index (χ2v) is 7.89. The lowest BCUT2D eigenvalue weighted by molar-refractivity contribution is 0.216. The highest BCUT2D eigenvalue weighted by atomic mass is 16.5. The minimum absolute atomic E-state index is 0.211. The number of benzene rings is 2. The Labute approximate surface area is 173 Å². The molecule has 0 amide bonds. The maximum Gasteiger partial charge on any atom is 0.123 e. The summed E-state index contributed by atoms with van der Waals surface area (Å²) in [6, 6.07) is 17.5. The predicted octanol–water partition coefficient (Wildman–Crippen LogP) is 5.12. The number of aromatic nitrogens is 1. The third kappa shape index (κ3) is 3.90. The van der Waals surface area contributed by atoms with Gasteiger partial charge in [0.05, 0.1) is 20.3 Å². The molecule has 1 aliphatic rings. The second-order valence-electron chi connectivity index (χ2n) is 7.89. The Morgan fingerprint density at radius 1 is 0.966 bits per heavy atom. The summed E-state index contributed by atoms with van der Waals surface area (Å²) in [6.07, 6.45) is 3.33. The van der Waals surface area contributed by atoms with Crippen LogP contribution in [0.3, 0.4) is 0 Å². The van der Waals surface area contributed by atoms with Crippen molar-refractivity contribution in [3.8, 4) is 11.5 Å². The average molecular weight is 391 g/mol. The first-order valence-corrected chi connectivity index (χ1v) is 10.3. The summed E-state index contributed by atoms with van der Waals surface area (Å²) < 4.78 is 13.6. The maximum absolute atomic E-state index is 5.67. The predicted molar refractivity (Wildman–Crippen MR) is 117 cm³/mol. The molecular formula is C25H30N2O2. The van der Waals surface area contributed by atoms with E-state index in [0.717, 1.165) is 43.1 Å². The van der Waals surface area contributed by atoms with Crippen molar-refractivity contribution in [3.05, 3.63) is 82.7 Å². The fourth-order valence-corrected chi connectivity index (χ4v) is 4.44. The third-order valence-electron chi connectivity index (χ3n) is 5.94. The molecule has 0 unspecified atom stereocenters. The molecule has 0 saturated carbocycles. The van der Waals surface area contributed by atoms with E-state index in [4.69, 9.17) is 9.47 Å². The van der Waals surface area contributed by atoms with E-state index in [-0.39, 0.29) is 6.04 Å². The molecule has 29 heavy (non-hydrogen) atoms. The highest BCUT2D eigenvalue weighted by Crippen LogP contribution is 2.36. The van der Waals surface area contributed by atoms with Gasteiger partial charge in [0.1, 0.15) is 11.5 Å². The molecule has 3 aromatic rings. The number of aryl methyl sites for hydroxylation is 3. The molecular weight excluding hydrogens is 360 g/mol. The van der Waals surface area contributed by atoms with Crippen molar-refractivity contribution in [2.45, 2.75) is 39.4 Å². The number of ether oxygens (including phenoxy) is 2. The van der Waals surface area contributed by atoms with E-state index in [9.17, 15) is 0 Å². The van der Waals surface area contributed by atoms with Crippen LogP contribution in [-0.4, -0.2) is 30.2 Å². The van der Waals surface area contributed by atoms with Gasteiger partial charge in [-0.25, -0.2) is 0 Å². The summed E-state index contributed by atoms with van der Waals surface area (Å²) in [5, 5.41) is 0. The minimum atomic E-state index is 0.211. The van der Waals surface area contributed by atoms with Crippen LogP contribution in [0.25, 0.3) is 0 Å². The Morgan fingerprint density at radius 2 is 1.83 bits per heavy atom. The average Bonchev–Trinajstić information content (AvgIpc) is 3.11. The lowest BCUT2D eigenvalue weighted by atomic mass is 9.95. The first-order valence-electron chi connectivity index (χ1n) is 10.3. The zero-order chi connectivity index (χ0) is 20.4. The number of methoxy groups -OCH3 is 2. The van der Waals surface area contributed by atoms with Gasteiger partial charge in [-0.3, -0.25) is 4.90 Å². The number of hydrogen-bond donors (Lipinski definition) is 0. The van der Waals surface area contributed by atoms with E-state index in [0.29, 0.717) is 0 Å². The second kappa shape index (κ2) is 8.34. The normalized spacial score (nSPS) is 16.9. The third-order valence-corrected chi connectivity index (χ3v) is 5.94. The van der Waals surface area contributed by atoms with Gasteiger partial charge in [-0.1, -0.05) is 23.8 Å². The van der Waals surface area contributed by atoms with Gasteiger partial charge < -0.3 is 14.0 Å². The molecule has 1 aromatic heterocycles. The molecule has 1 aliphatic heterocycles. The van der Waals surface area contributed by atoms with Crippen LogP contribution in [0.5, 0.6) is 11.5 Å². The molecule has 1 atom stereocenters. The van der Waals surface area contributed by atoms with Gasteiger partial charge in [-0.05, 0) is 61.7 Å². The number of rotatable bonds is 5. The summed E-state index contributed by atoms with van der Waals surface area (Å²) in [5.41, 5.74) is 6.53. The minimum Gasteiger partial charge on any atom is -0.497 e. The van der Waals surface area contributed by atoms with Crippen molar-refractivity contribution in [2.75, 3.05) is 20.8 Å². The van der Waals surface area contributed by atoms with E-state index in [1.54, 1.807) is 14.2 Å². The van der Waals surface area contributed by atoms with Crippen molar-refractivity contribution in [1.29, 1.82) is 0 Å². The van der Waals surface area contributed by atoms with E-state index < -0.39 is 0 Å². The molecule has 2 heterocycles. The van der Waals surface area contributed by atoms with Crippen molar-refractivity contribution >= 4 is 0 Å². The van der Waals surface area contributed by atoms with E-state index in [1.807, 2.05) is 12.1 Å². The van der Waals surface area contributed by atoms with Gasteiger partial charge in [-0.15, -0.1) is 0 Å². The number of nitrogens with zero attached hydrogens (tertiary/aromatic N) is 2. The Kier molecular flexibility index (Phi) is 5.63. The molecule has 0 fully saturated rings. The molecule has 0 spiro atoms. The Balaban J connectivity index is 1.80. The van der Waals surface area contributed by atoms with Crippen molar-refractivity contribution < 1.29 is 9.47 Å². The van der Waals surface area contributed by atoms with Crippen molar-refractivity contribution in [1.82, 2.24) is 9.47 Å². The zero-order valence-electron chi connectivity index (χ0n) is 17.8. The van der Waals surface area contributed by atoms with Gasteiger partial charge in [-0.2, -0.15) is 0 Å².